The molecule has 1 aromatic heterocycles. The van der Waals surface area contributed by atoms with Gasteiger partial charge in [0.05, 0.1) is 12.4 Å². The summed E-state index contributed by atoms with van der Waals surface area (Å²) in [5.74, 6) is 0.00635. The number of anilines is 1. The highest BCUT2D eigenvalue weighted by Gasteiger charge is 2.31. The quantitative estimate of drug-likeness (QED) is 0.786. The first-order valence-corrected chi connectivity index (χ1v) is 5.50. The third-order valence-electron chi connectivity index (χ3n) is 2.58. The van der Waals surface area contributed by atoms with Crippen LogP contribution in [0.25, 0.3) is 0 Å². The Morgan fingerprint density at radius 3 is 2.94 bits per heavy atom. The third kappa shape index (κ3) is 2.52. The van der Waals surface area contributed by atoms with Gasteiger partial charge in [0.1, 0.15) is 17.0 Å². The lowest BCUT2D eigenvalue weighted by Crippen LogP contribution is -2.48. The highest BCUT2D eigenvalue weighted by Crippen LogP contribution is 2.16. The maximum absolute atomic E-state index is 11.8. The van der Waals surface area contributed by atoms with Crippen molar-refractivity contribution in [1.82, 2.24) is 14.9 Å². The Hall–Kier alpha value is -1.69. The van der Waals surface area contributed by atoms with Crippen LogP contribution in [0.15, 0.2) is 12.4 Å². The molecule has 1 fully saturated rings. The predicted molar refractivity (Wildman–Crippen MR) is 61.5 cm³/mol. The number of nitrogens with zero attached hydrogens (tertiary/aromatic N) is 3. The molecule has 90 valence electrons. The van der Waals surface area contributed by atoms with Gasteiger partial charge in [-0.1, -0.05) is 11.6 Å². The Labute approximate surface area is 103 Å². The molecule has 1 aliphatic heterocycles. The van der Waals surface area contributed by atoms with E-state index < -0.39 is 6.04 Å². The predicted octanol–water partition coefficient (Wildman–Crippen LogP) is 0.689. The number of carbonyl (C=O) groups excluding carboxylic acids is 2. The van der Waals surface area contributed by atoms with Gasteiger partial charge in [0, 0.05) is 13.5 Å². The fourth-order valence-electron chi connectivity index (χ4n) is 1.64. The van der Waals surface area contributed by atoms with Crippen molar-refractivity contribution < 1.29 is 9.59 Å². The number of hydrogen-bond acceptors (Lipinski definition) is 5. The van der Waals surface area contributed by atoms with Crippen LogP contribution in [0.1, 0.15) is 12.8 Å². The second-order valence-electron chi connectivity index (χ2n) is 3.75. The number of likely N-dealkylation sites (N-methyl/N-ethyl adjacent to an activating group) is 1. The van der Waals surface area contributed by atoms with Gasteiger partial charge in [0.15, 0.2) is 0 Å². The van der Waals surface area contributed by atoms with E-state index in [1.807, 2.05) is 0 Å². The van der Waals surface area contributed by atoms with Crippen molar-refractivity contribution in [1.29, 1.82) is 0 Å². The molecule has 0 bridgehead atoms. The van der Waals surface area contributed by atoms with Crippen LogP contribution < -0.4 is 5.32 Å². The molecule has 6 nitrogen and oxygen atoms in total. The van der Waals surface area contributed by atoms with Gasteiger partial charge < -0.3 is 5.32 Å². The molecule has 0 spiro atoms. The molecule has 7 heteroatoms. The lowest BCUT2D eigenvalue weighted by Gasteiger charge is -2.28. The number of piperidine rings is 1. The van der Waals surface area contributed by atoms with E-state index in [0.717, 1.165) is 4.90 Å². The van der Waals surface area contributed by atoms with Crippen LogP contribution in [0.3, 0.4) is 0 Å². The average Bonchev–Trinajstić information content (AvgIpc) is 2.30. The van der Waals surface area contributed by atoms with Crippen LogP contribution >= 0.6 is 11.6 Å². The monoisotopic (exact) mass is 254 g/mol. The van der Waals surface area contributed by atoms with Crippen molar-refractivity contribution in [3.63, 3.8) is 0 Å². The van der Waals surface area contributed by atoms with Crippen LogP contribution in [0.5, 0.6) is 0 Å². The van der Waals surface area contributed by atoms with E-state index in [-0.39, 0.29) is 17.0 Å². The lowest BCUT2D eigenvalue weighted by molar-refractivity contribution is -0.146. The molecule has 17 heavy (non-hydrogen) atoms. The molecular formula is C10H11ClN4O2. The number of halogens is 1. The van der Waals surface area contributed by atoms with Gasteiger partial charge in [-0.05, 0) is 6.42 Å². The van der Waals surface area contributed by atoms with Gasteiger partial charge in [-0.25, -0.2) is 4.98 Å². The normalized spacial score (nSPS) is 20.6. The van der Waals surface area contributed by atoms with E-state index in [2.05, 4.69) is 15.3 Å². The topological polar surface area (TPSA) is 75.2 Å². The SMILES string of the molecule is CN1C(=O)CCC(Nc2cncc(Cl)n2)C1=O. The summed E-state index contributed by atoms with van der Waals surface area (Å²) in [4.78, 5) is 32.0. The van der Waals surface area contributed by atoms with Crippen molar-refractivity contribution in [3.05, 3.63) is 17.5 Å². The Bertz CT molecular complexity index is 465. The van der Waals surface area contributed by atoms with Gasteiger partial charge in [-0.15, -0.1) is 0 Å². The number of carbonyl (C=O) groups is 2. The van der Waals surface area contributed by atoms with E-state index >= 15 is 0 Å². The third-order valence-corrected chi connectivity index (χ3v) is 2.76. The molecule has 2 heterocycles. The number of hydrogen-bond donors (Lipinski definition) is 1. The second-order valence-corrected chi connectivity index (χ2v) is 4.14. The molecule has 1 N–H and O–H groups in total. The van der Waals surface area contributed by atoms with Crippen LogP contribution in [0, 0.1) is 0 Å². The summed E-state index contributed by atoms with van der Waals surface area (Å²) in [5, 5.41) is 3.17. The molecule has 1 aromatic rings. The summed E-state index contributed by atoms with van der Waals surface area (Å²) in [5.41, 5.74) is 0. The summed E-state index contributed by atoms with van der Waals surface area (Å²) in [6.45, 7) is 0. The molecule has 0 aliphatic carbocycles. The van der Waals surface area contributed by atoms with E-state index in [0.29, 0.717) is 18.7 Å². The molecule has 1 saturated heterocycles. The highest BCUT2D eigenvalue weighted by molar-refractivity contribution is 6.29. The fourth-order valence-corrected chi connectivity index (χ4v) is 1.79. The number of aromatic nitrogens is 2. The summed E-state index contributed by atoms with van der Waals surface area (Å²) >= 11 is 5.69. The summed E-state index contributed by atoms with van der Waals surface area (Å²) < 4.78 is 0. The Balaban J connectivity index is 2.09. The Morgan fingerprint density at radius 2 is 2.24 bits per heavy atom. The maximum atomic E-state index is 11.8. The zero-order valence-corrected chi connectivity index (χ0v) is 9.94. The van der Waals surface area contributed by atoms with Crippen LogP contribution in [0.4, 0.5) is 5.82 Å². The zero-order valence-electron chi connectivity index (χ0n) is 9.18. The fraction of sp³-hybridized carbons (Fsp3) is 0.400. The molecule has 0 aromatic carbocycles. The molecule has 1 unspecified atom stereocenters. The Morgan fingerprint density at radius 1 is 1.47 bits per heavy atom. The lowest BCUT2D eigenvalue weighted by atomic mass is 10.0. The minimum atomic E-state index is -0.453. The molecule has 2 amide bonds. The van der Waals surface area contributed by atoms with E-state index in [1.54, 1.807) is 0 Å². The number of imide groups is 1. The summed E-state index contributed by atoms with van der Waals surface area (Å²) in [6.07, 6.45) is 3.69. The summed E-state index contributed by atoms with van der Waals surface area (Å²) in [6, 6.07) is -0.453. The van der Waals surface area contributed by atoms with Crippen LogP contribution in [-0.2, 0) is 9.59 Å². The Kier molecular flexibility index (Phi) is 3.23. The van der Waals surface area contributed by atoms with Gasteiger partial charge in [-0.2, -0.15) is 0 Å². The minimum absolute atomic E-state index is 0.162. The van der Waals surface area contributed by atoms with Crippen molar-refractivity contribution in [2.45, 2.75) is 18.9 Å². The molecule has 2 rings (SSSR count). The van der Waals surface area contributed by atoms with Gasteiger partial charge in [0.25, 0.3) is 5.91 Å². The minimum Gasteiger partial charge on any atom is -0.357 e. The smallest absolute Gasteiger partial charge is 0.251 e. The summed E-state index contributed by atoms with van der Waals surface area (Å²) in [7, 11) is 1.47. The van der Waals surface area contributed by atoms with Gasteiger partial charge >= 0.3 is 0 Å². The molecule has 1 aliphatic rings. The zero-order chi connectivity index (χ0) is 12.4. The molecule has 0 saturated carbocycles. The van der Waals surface area contributed by atoms with Crippen molar-refractivity contribution in [2.75, 3.05) is 12.4 Å². The largest absolute Gasteiger partial charge is 0.357 e. The van der Waals surface area contributed by atoms with Gasteiger partial charge in [0.2, 0.25) is 5.91 Å². The molecular weight excluding hydrogens is 244 g/mol. The van der Waals surface area contributed by atoms with E-state index in [4.69, 9.17) is 11.6 Å². The first-order chi connectivity index (χ1) is 8.08. The number of likely N-dealkylation sites (tertiary alicyclic amines) is 1. The van der Waals surface area contributed by atoms with Crippen LogP contribution in [0.2, 0.25) is 5.15 Å². The van der Waals surface area contributed by atoms with Crippen molar-refractivity contribution >= 4 is 29.2 Å². The first kappa shape index (κ1) is 11.8. The van der Waals surface area contributed by atoms with E-state index in [9.17, 15) is 9.59 Å². The highest BCUT2D eigenvalue weighted by atomic mass is 35.5. The van der Waals surface area contributed by atoms with Gasteiger partial charge in [-0.3, -0.25) is 19.5 Å². The maximum Gasteiger partial charge on any atom is 0.251 e. The number of rotatable bonds is 2. The molecule has 1 atom stereocenters. The number of amides is 2. The average molecular weight is 255 g/mol. The first-order valence-electron chi connectivity index (χ1n) is 5.12. The second kappa shape index (κ2) is 4.67. The molecule has 0 radical (unpaired) electrons. The van der Waals surface area contributed by atoms with Crippen molar-refractivity contribution in [3.8, 4) is 0 Å². The standard InChI is InChI=1S/C10H11ClN4O2/c1-15-9(16)3-2-6(10(15)17)13-8-5-12-4-7(11)14-8/h4-6H,2-3H2,1H3,(H,13,14). The number of nitrogens with one attached hydrogen (secondary N) is 1. The van der Waals surface area contributed by atoms with Crippen molar-refractivity contribution in [2.24, 2.45) is 0 Å². The van der Waals surface area contributed by atoms with Crippen LogP contribution in [-0.4, -0.2) is 39.8 Å². The van der Waals surface area contributed by atoms with E-state index in [1.165, 1.54) is 19.4 Å².